The molecule has 3 heterocycles. The van der Waals surface area contributed by atoms with Crippen LogP contribution in [-0.4, -0.2) is 91.3 Å². The van der Waals surface area contributed by atoms with Gasteiger partial charge in [0.25, 0.3) is 0 Å². The summed E-state index contributed by atoms with van der Waals surface area (Å²) in [6.45, 7) is 6.20. The number of aromatic nitrogens is 4. The highest BCUT2D eigenvalue weighted by Gasteiger charge is 2.17. The highest BCUT2D eigenvalue weighted by atomic mass is 32.2. The standard InChI is InChI=1S/C60H52N8O4S3/c1-3-67-52-21-11-9-19-48(52)50-30-39(24-28-54(50)67)31-61-63-33-43-26-25-41-15-6-8-18-47(41)58(43)72-36-45(70)38-74-60-66-65-59(75-60)73-37-44(69)35-71-56-29-27-40-14-5-7-17-46(40)51(56)34-64-62-32-42-16-13-23-55-57(42)49-20-10-12-22-53(49)68(55)4-2/h5-34,44-45,69-70H,3-4,35-38H2,1-2H3/b61-31+,62-32+,63-33+,64-34+. The van der Waals surface area contributed by atoms with Crippen LogP contribution in [-0.2, 0) is 13.1 Å². The van der Waals surface area contributed by atoms with Crippen LogP contribution in [0.2, 0.25) is 0 Å². The Morgan fingerprint density at radius 3 is 1.83 bits per heavy atom. The number of nitrogens with zero attached hydrogens (tertiary/aromatic N) is 8. The lowest BCUT2D eigenvalue weighted by molar-refractivity contribution is 0.126. The summed E-state index contributed by atoms with van der Waals surface area (Å²) in [4.78, 5) is 0. The molecule has 0 aliphatic heterocycles. The fourth-order valence-electron chi connectivity index (χ4n) is 9.62. The average Bonchev–Trinajstić information content (AvgIpc) is 4.15. The third-order valence-electron chi connectivity index (χ3n) is 13.1. The molecule has 0 radical (unpaired) electrons. The second-order valence-corrected chi connectivity index (χ2v) is 21.3. The molecule has 2 N–H and O–H groups in total. The van der Waals surface area contributed by atoms with Gasteiger partial charge in [0.15, 0.2) is 8.68 Å². The highest BCUT2D eigenvalue weighted by molar-refractivity contribution is 8.03. The predicted octanol–water partition coefficient (Wildman–Crippen LogP) is 13.1. The van der Waals surface area contributed by atoms with Gasteiger partial charge >= 0.3 is 0 Å². The smallest absolute Gasteiger partial charge is 0.175 e. The van der Waals surface area contributed by atoms with Crippen molar-refractivity contribution in [2.24, 2.45) is 20.4 Å². The number of para-hydroxylation sites is 2. The molecule has 374 valence electrons. The molecule has 0 fully saturated rings. The molecule has 2 atom stereocenters. The quantitative estimate of drug-likeness (QED) is 0.0436. The molecule has 0 bridgehead atoms. The molecule has 2 unspecified atom stereocenters. The van der Waals surface area contributed by atoms with Crippen molar-refractivity contribution in [3.05, 3.63) is 180 Å². The first-order valence-electron chi connectivity index (χ1n) is 24.8. The Kier molecular flexibility index (Phi) is 15.1. The topological polar surface area (TPSA) is 144 Å². The van der Waals surface area contributed by atoms with E-state index >= 15 is 0 Å². The summed E-state index contributed by atoms with van der Waals surface area (Å²) in [5.41, 5.74) is 8.24. The zero-order chi connectivity index (χ0) is 51.1. The van der Waals surface area contributed by atoms with E-state index in [0.29, 0.717) is 31.7 Å². The first kappa shape index (κ1) is 49.5. The van der Waals surface area contributed by atoms with Crippen LogP contribution in [0.1, 0.15) is 36.1 Å². The van der Waals surface area contributed by atoms with Gasteiger partial charge in [-0.3, -0.25) is 0 Å². The van der Waals surface area contributed by atoms with E-state index in [9.17, 15) is 10.2 Å². The van der Waals surface area contributed by atoms with Gasteiger partial charge in [-0.2, -0.15) is 20.4 Å². The lowest BCUT2D eigenvalue weighted by Gasteiger charge is -2.15. The van der Waals surface area contributed by atoms with Crippen molar-refractivity contribution in [2.45, 2.75) is 47.8 Å². The Morgan fingerprint density at radius 1 is 0.520 bits per heavy atom. The van der Waals surface area contributed by atoms with E-state index in [-0.39, 0.29) is 13.2 Å². The number of ether oxygens (including phenoxy) is 2. The molecule has 11 rings (SSSR count). The van der Waals surface area contributed by atoms with Gasteiger partial charge in [-0.25, -0.2) is 0 Å². The number of aliphatic hydroxyl groups excluding tert-OH is 2. The Morgan fingerprint density at radius 2 is 1.08 bits per heavy atom. The SMILES string of the molecule is CCn1c2ccccc2c2cc(/C=N/N=C/c3ccc4ccccc4c3OCC(O)CSc3nnc(SCC(O)COc4ccc5ccccc5c4/C=N/N=C/c4cccc5c4c4ccccc4n5CC)s3)ccc21. The Balaban J connectivity index is 0.685. The van der Waals surface area contributed by atoms with E-state index < -0.39 is 12.2 Å². The van der Waals surface area contributed by atoms with Gasteiger partial charge in [0.05, 0.1) is 37.1 Å². The van der Waals surface area contributed by atoms with Crippen LogP contribution in [0.4, 0.5) is 0 Å². The van der Waals surface area contributed by atoms with Crippen LogP contribution in [0.25, 0.3) is 65.2 Å². The number of benzene rings is 8. The summed E-state index contributed by atoms with van der Waals surface area (Å²) in [5, 5.41) is 57.4. The maximum Gasteiger partial charge on any atom is 0.175 e. The molecule has 0 spiro atoms. The van der Waals surface area contributed by atoms with E-state index in [1.807, 2.05) is 72.8 Å². The van der Waals surface area contributed by atoms with Crippen molar-refractivity contribution >= 4 is 125 Å². The summed E-state index contributed by atoms with van der Waals surface area (Å²) in [7, 11) is 0. The van der Waals surface area contributed by atoms with Crippen molar-refractivity contribution in [3.63, 3.8) is 0 Å². The molecule has 0 amide bonds. The molecule has 3 aromatic heterocycles. The van der Waals surface area contributed by atoms with Crippen LogP contribution in [0.15, 0.2) is 187 Å². The Bertz CT molecular complexity index is 3970. The first-order valence-corrected chi connectivity index (χ1v) is 27.6. The maximum atomic E-state index is 11.1. The zero-order valence-electron chi connectivity index (χ0n) is 41.2. The lowest BCUT2D eigenvalue weighted by Crippen LogP contribution is -2.20. The molecule has 75 heavy (non-hydrogen) atoms. The number of aryl methyl sites for hydroxylation is 2. The molecule has 12 nitrogen and oxygen atoms in total. The van der Waals surface area contributed by atoms with Crippen LogP contribution in [0.3, 0.4) is 0 Å². The van der Waals surface area contributed by atoms with Crippen molar-refractivity contribution in [1.82, 2.24) is 19.3 Å². The van der Waals surface area contributed by atoms with E-state index in [4.69, 9.17) is 9.47 Å². The van der Waals surface area contributed by atoms with Crippen molar-refractivity contribution in [3.8, 4) is 11.5 Å². The van der Waals surface area contributed by atoms with Crippen molar-refractivity contribution in [1.29, 1.82) is 0 Å². The Labute approximate surface area is 445 Å². The number of thioether (sulfide) groups is 2. The normalized spacial score (nSPS) is 13.2. The summed E-state index contributed by atoms with van der Waals surface area (Å²) in [5.74, 6) is 1.91. The molecule has 0 aliphatic rings. The monoisotopic (exact) mass is 1040 g/mol. The zero-order valence-corrected chi connectivity index (χ0v) is 43.7. The average molecular weight is 1050 g/mol. The molecule has 15 heteroatoms. The van der Waals surface area contributed by atoms with E-state index in [1.165, 1.54) is 67.6 Å². The molecular weight excluding hydrogens is 993 g/mol. The predicted molar refractivity (Wildman–Crippen MR) is 313 cm³/mol. The van der Waals surface area contributed by atoms with Crippen LogP contribution < -0.4 is 9.47 Å². The van der Waals surface area contributed by atoms with Gasteiger partial charge < -0.3 is 28.8 Å². The van der Waals surface area contributed by atoms with Crippen LogP contribution in [0.5, 0.6) is 11.5 Å². The summed E-state index contributed by atoms with van der Waals surface area (Å²) < 4.78 is 18.7. The largest absolute Gasteiger partial charge is 0.490 e. The minimum Gasteiger partial charge on any atom is -0.490 e. The number of fused-ring (bicyclic) bond motifs is 8. The highest BCUT2D eigenvalue weighted by Crippen LogP contribution is 2.35. The summed E-state index contributed by atoms with van der Waals surface area (Å²) in [6.07, 6.45) is 5.39. The minimum atomic E-state index is -0.795. The third kappa shape index (κ3) is 10.7. The van der Waals surface area contributed by atoms with E-state index in [2.05, 4.69) is 139 Å². The summed E-state index contributed by atoms with van der Waals surface area (Å²) >= 11 is 4.23. The number of hydrogen-bond acceptors (Lipinski definition) is 13. The molecule has 11 aromatic rings. The van der Waals surface area contributed by atoms with E-state index in [0.717, 1.165) is 67.8 Å². The second kappa shape index (κ2) is 22.8. The first-order chi connectivity index (χ1) is 36.9. The second-order valence-electron chi connectivity index (χ2n) is 17.8. The van der Waals surface area contributed by atoms with Crippen molar-refractivity contribution < 1.29 is 19.7 Å². The molecule has 0 aliphatic carbocycles. The van der Waals surface area contributed by atoms with E-state index in [1.54, 1.807) is 24.9 Å². The minimum absolute atomic E-state index is 0.0594. The van der Waals surface area contributed by atoms with Gasteiger partial charge in [0.2, 0.25) is 0 Å². The lowest BCUT2D eigenvalue weighted by atomic mass is 10.0. The maximum absolute atomic E-state index is 11.1. The van der Waals surface area contributed by atoms with Crippen molar-refractivity contribution in [2.75, 3.05) is 24.7 Å². The van der Waals surface area contributed by atoms with Crippen LogP contribution >= 0.6 is 34.9 Å². The van der Waals surface area contributed by atoms with Gasteiger partial charge in [0.1, 0.15) is 24.7 Å². The summed E-state index contributed by atoms with van der Waals surface area (Å²) in [6, 6.07) is 53.5. The van der Waals surface area contributed by atoms with Gasteiger partial charge in [-0.1, -0.05) is 150 Å². The van der Waals surface area contributed by atoms with Gasteiger partial charge in [-0.05, 0) is 78.0 Å². The number of hydrogen-bond donors (Lipinski definition) is 2. The molecular formula is C60H52N8O4S3. The van der Waals surface area contributed by atoms with Gasteiger partial charge in [0, 0.05) is 90.3 Å². The fourth-order valence-corrected chi connectivity index (χ4v) is 12.5. The van der Waals surface area contributed by atoms with Crippen LogP contribution in [0, 0.1) is 0 Å². The molecule has 8 aromatic carbocycles. The molecule has 0 saturated heterocycles. The number of rotatable bonds is 20. The number of aliphatic hydroxyl groups is 2. The molecule has 0 saturated carbocycles. The van der Waals surface area contributed by atoms with Gasteiger partial charge in [-0.15, -0.1) is 10.2 Å². The Hall–Kier alpha value is -7.66. The fraction of sp³-hybridized carbons (Fsp3) is 0.167. The third-order valence-corrected chi connectivity index (χ3v) is 16.5.